The van der Waals surface area contributed by atoms with E-state index in [1.54, 1.807) is 0 Å². The highest BCUT2D eigenvalue weighted by molar-refractivity contribution is 5.32. The molecule has 1 saturated carbocycles. The van der Waals surface area contributed by atoms with E-state index in [-0.39, 0.29) is 11.6 Å². The molecule has 2 rings (SSSR count). The van der Waals surface area contributed by atoms with Gasteiger partial charge in [-0.05, 0) is 44.0 Å². The Morgan fingerprint density at radius 2 is 2.05 bits per heavy atom. The Bertz CT molecular complexity index is 405. The minimum atomic E-state index is -0.319. The van der Waals surface area contributed by atoms with Gasteiger partial charge < -0.3 is 15.2 Å². The fourth-order valence-corrected chi connectivity index (χ4v) is 2.60. The number of benzene rings is 1. The van der Waals surface area contributed by atoms with E-state index in [0.29, 0.717) is 18.2 Å². The monoisotopic (exact) mass is 281 g/mol. The van der Waals surface area contributed by atoms with Crippen LogP contribution in [0.3, 0.4) is 0 Å². The highest BCUT2D eigenvalue weighted by Gasteiger charge is 2.12. The summed E-state index contributed by atoms with van der Waals surface area (Å²) >= 11 is 0. The molecule has 0 unspecified atom stereocenters. The molecule has 0 atom stereocenters. The maximum atomic E-state index is 13.0. The number of hydrogen-bond donors (Lipinski definition) is 2. The van der Waals surface area contributed by atoms with Crippen molar-refractivity contribution in [2.24, 2.45) is 0 Å². The van der Waals surface area contributed by atoms with Crippen molar-refractivity contribution < 1.29 is 14.2 Å². The second-order valence-electron chi connectivity index (χ2n) is 5.43. The summed E-state index contributed by atoms with van der Waals surface area (Å²) in [7, 11) is 0. The number of ether oxygens (including phenoxy) is 1. The van der Waals surface area contributed by atoms with Gasteiger partial charge in [0.1, 0.15) is 11.6 Å². The van der Waals surface area contributed by atoms with Gasteiger partial charge in [-0.15, -0.1) is 0 Å². The first-order valence-corrected chi connectivity index (χ1v) is 7.55. The molecule has 2 N–H and O–H groups in total. The van der Waals surface area contributed by atoms with Gasteiger partial charge in [0.05, 0.1) is 6.10 Å². The van der Waals surface area contributed by atoms with Crippen LogP contribution in [0, 0.1) is 5.82 Å². The zero-order valence-corrected chi connectivity index (χ0v) is 11.9. The van der Waals surface area contributed by atoms with Gasteiger partial charge in [0.25, 0.3) is 0 Å². The number of halogens is 1. The van der Waals surface area contributed by atoms with Crippen LogP contribution < -0.4 is 5.32 Å². The fourth-order valence-electron chi connectivity index (χ4n) is 2.60. The third-order valence-corrected chi connectivity index (χ3v) is 3.76. The van der Waals surface area contributed by atoms with Gasteiger partial charge in [0, 0.05) is 18.7 Å². The van der Waals surface area contributed by atoms with Gasteiger partial charge in [0.15, 0.2) is 0 Å². The molecule has 20 heavy (non-hydrogen) atoms. The van der Waals surface area contributed by atoms with Crippen LogP contribution in [-0.4, -0.2) is 24.4 Å². The number of aromatic hydroxyl groups is 1. The zero-order chi connectivity index (χ0) is 14.2. The van der Waals surface area contributed by atoms with E-state index in [2.05, 4.69) is 5.32 Å². The molecule has 3 nitrogen and oxygen atoms in total. The summed E-state index contributed by atoms with van der Waals surface area (Å²) in [5.74, 6) is -0.183. The third kappa shape index (κ3) is 5.10. The van der Waals surface area contributed by atoms with Gasteiger partial charge in [0.2, 0.25) is 0 Å². The molecule has 0 saturated heterocycles. The second kappa shape index (κ2) is 8.22. The molecule has 1 aromatic rings. The molecule has 1 aromatic carbocycles. The van der Waals surface area contributed by atoms with Crippen molar-refractivity contribution in [1.82, 2.24) is 5.32 Å². The van der Waals surface area contributed by atoms with Gasteiger partial charge >= 0.3 is 0 Å². The van der Waals surface area contributed by atoms with Crippen LogP contribution in [0.15, 0.2) is 18.2 Å². The quantitative estimate of drug-likeness (QED) is 0.753. The highest BCUT2D eigenvalue weighted by atomic mass is 19.1. The van der Waals surface area contributed by atoms with Crippen LogP contribution >= 0.6 is 0 Å². The standard InChI is InChI=1S/C16H24FNO2/c17-14-7-8-16(19)13(11-14)12-18-9-4-10-20-15-5-2-1-3-6-15/h7-8,11,15,18-19H,1-6,9-10,12H2. The molecule has 1 aliphatic carbocycles. The van der Waals surface area contributed by atoms with Crippen LogP contribution in [0.1, 0.15) is 44.1 Å². The van der Waals surface area contributed by atoms with E-state index >= 15 is 0 Å². The first kappa shape index (κ1) is 15.3. The lowest BCUT2D eigenvalue weighted by Gasteiger charge is -2.21. The average Bonchev–Trinajstić information content (AvgIpc) is 2.47. The summed E-state index contributed by atoms with van der Waals surface area (Å²) in [6, 6.07) is 4.01. The molecule has 0 aromatic heterocycles. The zero-order valence-electron chi connectivity index (χ0n) is 11.9. The minimum absolute atomic E-state index is 0.136. The lowest BCUT2D eigenvalue weighted by molar-refractivity contribution is 0.0273. The number of rotatable bonds is 7. The van der Waals surface area contributed by atoms with E-state index in [0.717, 1.165) is 19.6 Å². The summed E-state index contributed by atoms with van der Waals surface area (Å²) in [4.78, 5) is 0. The fraction of sp³-hybridized carbons (Fsp3) is 0.625. The van der Waals surface area contributed by atoms with Crippen LogP contribution in [0.25, 0.3) is 0 Å². The summed E-state index contributed by atoms with van der Waals surface area (Å²) in [5, 5.41) is 12.8. The summed E-state index contributed by atoms with van der Waals surface area (Å²) < 4.78 is 18.9. The molecule has 4 heteroatoms. The van der Waals surface area contributed by atoms with Gasteiger partial charge in [-0.2, -0.15) is 0 Å². The molecular formula is C16H24FNO2. The maximum absolute atomic E-state index is 13.0. The molecule has 1 fully saturated rings. The highest BCUT2D eigenvalue weighted by Crippen LogP contribution is 2.20. The molecule has 1 aliphatic rings. The van der Waals surface area contributed by atoms with Crippen molar-refractivity contribution >= 4 is 0 Å². The number of phenolic OH excluding ortho intramolecular Hbond substituents is 1. The van der Waals surface area contributed by atoms with E-state index < -0.39 is 0 Å². The largest absolute Gasteiger partial charge is 0.508 e. The van der Waals surface area contributed by atoms with E-state index in [1.165, 1.54) is 50.3 Å². The van der Waals surface area contributed by atoms with E-state index in [9.17, 15) is 9.50 Å². The van der Waals surface area contributed by atoms with Crippen molar-refractivity contribution in [3.05, 3.63) is 29.6 Å². The van der Waals surface area contributed by atoms with Gasteiger partial charge in [-0.3, -0.25) is 0 Å². The van der Waals surface area contributed by atoms with Crippen molar-refractivity contribution in [2.45, 2.75) is 51.2 Å². The van der Waals surface area contributed by atoms with E-state index in [4.69, 9.17) is 4.74 Å². The summed E-state index contributed by atoms with van der Waals surface area (Å²) in [6.45, 7) is 2.06. The number of phenols is 1. The molecule has 0 amide bonds. The Morgan fingerprint density at radius 3 is 2.85 bits per heavy atom. The second-order valence-corrected chi connectivity index (χ2v) is 5.43. The predicted octanol–water partition coefficient (Wildman–Crippen LogP) is 3.36. The molecule has 112 valence electrons. The molecule has 0 aliphatic heterocycles. The molecule has 0 bridgehead atoms. The first-order chi connectivity index (χ1) is 9.75. The summed E-state index contributed by atoms with van der Waals surface area (Å²) in [6.07, 6.45) is 7.72. The third-order valence-electron chi connectivity index (χ3n) is 3.76. The Kier molecular flexibility index (Phi) is 6.27. The Hall–Kier alpha value is -1.13. The van der Waals surface area contributed by atoms with Crippen molar-refractivity contribution in [1.29, 1.82) is 0 Å². The normalized spacial score (nSPS) is 16.4. The van der Waals surface area contributed by atoms with Crippen LogP contribution in [0.4, 0.5) is 4.39 Å². The van der Waals surface area contributed by atoms with Crippen LogP contribution in [0.2, 0.25) is 0 Å². The van der Waals surface area contributed by atoms with Crippen molar-refractivity contribution in [2.75, 3.05) is 13.2 Å². The number of nitrogens with one attached hydrogen (secondary N) is 1. The Balaban J connectivity index is 1.56. The lowest BCUT2D eigenvalue weighted by atomic mass is 9.98. The summed E-state index contributed by atoms with van der Waals surface area (Å²) in [5.41, 5.74) is 0.596. The van der Waals surface area contributed by atoms with Gasteiger partial charge in [-0.1, -0.05) is 19.3 Å². The SMILES string of the molecule is Oc1ccc(F)cc1CNCCCOC1CCCCC1. The maximum Gasteiger partial charge on any atom is 0.123 e. The van der Waals surface area contributed by atoms with Crippen LogP contribution in [0.5, 0.6) is 5.75 Å². The average molecular weight is 281 g/mol. The Labute approximate surface area is 120 Å². The van der Waals surface area contributed by atoms with Crippen molar-refractivity contribution in [3.8, 4) is 5.75 Å². The molecule has 0 spiro atoms. The first-order valence-electron chi connectivity index (χ1n) is 7.55. The van der Waals surface area contributed by atoms with Crippen LogP contribution in [-0.2, 0) is 11.3 Å². The lowest BCUT2D eigenvalue weighted by Crippen LogP contribution is -2.20. The topological polar surface area (TPSA) is 41.5 Å². The van der Waals surface area contributed by atoms with Crippen molar-refractivity contribution in [3.63, 3.8) is 0 Å². The smallest absolute Gasteiger partial charge is 0.123 e. The molecular weight excluding hydrogens is 257 g/mol. The molecule has 0 radical (unpaired) electrons. The minimum Gasteiger partial charge on any atom is -0.508 e. The number of hydrogen-bond acceptors (Lipinski definition) is 3. The predicted molar refractivity (Wildman–Crippen MR) is 77.2 cm³/mol. The van der Waals surface area contributed by atoms with E-state index in [1.807, 2.05) is 0 Å². The molecule has 0 heterocycles. The van der Waals surface area contributed by atoms with Gasteiger partial charge in [-0.25, -0.2) is 4.39 Å². The Morgan fingerprint density at radius 1 is 1.25 bits per heavy atom.